The zero-order valence-corrected chi connectivity index (χ0v) is 12.7. The number of nitrogens with zero attached hydrogens (tertiary/aromatic N) is 1. The van der Waals surface area contributed by atoms with Crippen molar-refractivity contribution in [2.24, 2.45) is 0 Å². The van der Waals surface area contributed by atoms with Crippen LogP contribution in [0.1, 0.15) is 31.3 Å². The van der Waals surface area contributed by atoms with Gasteiger partial charge in [0.15, 0.2) is 5.15 Å². The monoisotopic (exact) mass is 315 g/mol. The van der Waals surface area contributed by atoms with Gasteiger partial charge in [-0.15, -0.1) is 0 Å². The molecule has 108 valence electrons. The molecule has 20 heavy (non-hydrogen) atoms. The number of benzene rings is 1. The minimum absolute atomic E-state index is 0.337. The van der Waals surface area contributed by atoms with Gasteiger partial charge in [-0.2, -0.15) is 0 Å². The second kappa shape index (κ2) is 6.95. The first kappa shape index (κ1) is 15.1. The van der Waals surface area contributed by atoms with Crippen molar-refractivity contribution in [3.8, 4) is 0 Å². The van der Waals surface area contributed by atoms with Gasteiger partial charge in [0.2, 0.25) is 0 Å². The molecule has 2 N–H and O–H groups in total. The number of hydrogen-bond acceptors (Lipinski definition) is 2. The van der Waals surface area contributed by atoms with Crippen LogP contribution in [0, 0.1) is 5.82 Å². The molecule has 0 spiro atoms. The number of aromatic nitrogens is 2. The van der Waals surface area contributed by atoms with Crippen molar-refractivity contribution in [2.45, 2.75) is 32.7 Å². The third-order valence-electron chi connectivity index (χ3n) is 2.93. The Morgan fingerprint density at radius 2 is 2.15 bits per heavy atom. The van der Waals surface area contributed by atoms with Gasteiger partial charge in [0.05, 0.1) is 22.9 Å². The van der Waals surface area contributed by atoms with Gasteiger partial charge in [0.1, 0.15) is 11.6 Å². The van der Waals surface area contributed by atoms with Gasteiger partial charge in [-0.1, -0.05) is 36.5 Å². The molecule has 0 saturated heterocycles. The average molecular weight is 316 g/mol. The number of unbranched alkanes of at least 4 members (excludes halogenated alkanes) is 1. The quantitative estimate of drug-likeness (QED) is 0.803. The van der Waals surface area contributed by atoms with Crippen LogP contribution >= 0.6 is 23.2 Å². The van der Waals surface area contributed by atoms with Crippen LogP contribution in [0.2, 0.25) is 10.2 Å². The maximum absolute atomic E-state index is 13.2. The largest absolute Gasteiger partial charge is 0.378 e. The van der Waals surface area contributed by atoms with E-state index >= 15 is 0 Å². The number of anilines is 1. The van der Waals surface area contributed by atoms with Gasteiger partial charge in [-0.25, -0.2) is 9.37 Å². The fourth-order valence-electron chi connectivity index (χ4n) is 1.84. The molecule has 2 aromatic rings. The van der Waals surface area contributed by atoms with Gasteiger partial charge in [-0.05, 0) is 24.6 Å². The van der Waals surface area contributed by atoms with Gasteiger partial charge in [-0.3, -0.25) is 0 Å². The van der Waals surface area contributed by atoms with E-state index in [1.54, 1.807) is 0 Å². The van der Waals surface area contributed by atoms with Gasteiger partial charge >= 0.3 is 0 Å². The van der Waals surface area contributed by atoms with E-state index in [-0.39, 0.29) is 5.82 Å². The van der Waals surface area contributed by atoms with Crippen LogP contribution in [0.3, 0.4) is 0 Å². The Morgan fingerprint density at radius 1 is 1.35 bits per heavy atom. The highest BCUT2D eigenvalue weighted by atomic mass is 35.5. The molecule has 2 rings (SSSR count). The molecule has 0 amide bonds. The Balaban J connectivity index is 2.03. The molecule has 0 aliphatic rings. The number of aryl methyl sites for hydroxylation is 1. The summed E-state index contributed by atoms with van der Waals surface area (Å²) < 4.78 is 13.2. The van der Waals surface area contributed by atoms with Crippen LogP contribution in [0.25, 0.3) is 0 Å². The van der Waals surface area contributed by atoms with E-state index in [9.17, 15) is 4.39 Å². The van der Waals surface area contributed by atoms with Gasteiger partial charge in [0.25, 0.3) is 0 Å². The molecule has 1 aromatic heterocycles. The van der Waals surface area contributed by atoms with Gasteiger partial charge < -0.3 is 10.3 Å². The lowest BCUT2D eigenvalue weighted by atomic mass is 10.2. The standard InChI is InChI=1S/C14H16Cl2FN3/c1-2-3-4-13-19-12(14(16)20-13)8-18-11-7-9(17)5-6-10(11)15/h5-7,18H,2-4,8H2,1H3,(H,19,20). The predicted molar refractivity (Wildman–Crippen MR) is 80.9 cm³/mol. The number of rotatable bonds is 6. The zero-order chi connectivity index (χ0) is 14.5. The molecule has 0 aliphatic heterocycles. The highest BCUT2D eigenvalue weighted by Crippen LogP contribution is 2.24. The summed E-state index contributed by atoms with van der Waals surface area (Å²) in [6.07, 6.45) is 3.04. The Hall–Kier alpha value is -1.26. The molecule has 0 saturated carbocycles. The summed E-state index contributed by atoms with van der Waals surface area (Å²) in [4.78, 5) is 7.44. The fourth-order valence-corrected chi connectivity index (χ4v) is 2.24. The van der Waals surface area contributed by atoms with E-state index in [4.69, 9.17) is 23.2 Å². The smallest absolute Gasteiger partial charge is 0.152 e. The van der Waals surface area contributed by atoms with Crippen LogP contribution in [0.15, 0.2) is 18.2 Å². The minimum Gasteiger partial charge on any atom is -0.378 e. The van der Waals surface area contributed by atoms with Crippen molar-refractivity contribution in [2.75, 3.05) is 5.32 Å². The number of imidazole rings is 1. The molecule has 0 bridgehead atoms. The van der Waals surface area contributed by atoms with Crippen molar-refractivity contribution in [1.82, 2.24) is 9.97 Å². The summed E-state index contributed by atoms with van der Waals surface area (Å²) in [5, 5.41) is 3.96. The molecule has 0 atom stereocenters. The Kier molecular flexibility index (Phi) is 5.26. The molecule has 0 radical (unpaired) electrons. The van der Waals surface area contributed by atoms with Gasteiger partial charge in [0, 0.05) is 6.42 Å². The third kappa shape index (κ3) is 3.87. The topological polar surface area (TPSA) is 40.7 Å². The Bertz CT molecular complexity index is 584. The molecule has 3 nitrogen and oxygen atoms in total. The van der Waals surface area contributed by atoms with Crippen LogP contribution in [-0.2, 0) is 13.0 Å². The average Bonchev–Trinajstić information content (AvgIpc) is 2.78. The number of H-pyrrole nitrogens is 1. The Labute approximate surface area is 127 Å². The van der Waals surface area contributed by atoms with E-state index in [0.717, 1.165) is 30.8 Å². The van der Waals surface area contributed by atoms with Crippen LogP contribution in [-0.4, -0.2) is 9.97 Å². The van der Waals surface area contributed by atoms with Crippen molar-refractivity contribution in [3.05, 3.63) is 45.7 Å². The van der Waals surface area contributed by atoms with Crippen molar-refractivity contribution < 1.29 is 4.39 Å². The van der Waals surface area contributed by atoms with E-state index in [2.05, 4.69) is 22.2 Å². The lowest BCUT2D eigenvalue weighted by Crippen LogP contribution is -2.01. The Morgan fingerprint density at radius 3 is 2.90 bits per heavy atom. The fraction of sp³-hybridized carbons (Fsp3) is 0.357. The second-order valence-electron chi connectivity index (χ2n) is 4.53. The maximum atomic E-state index is 13.2. The zero-order valence-electron chi connectivity index (χ0n) is 11.1. The lowest BCUT2D eigenvalue weighted by molar-refractivity contribution is 0.628. The number of halogens is 3. The molecule has 1 aromatic carbocycles. The maximum Gasteiger partial charge on any atom is 0.152 e. The van der Waals surface area contributed by atoms with Crippen LogP contribution < -0.4 is 5.32 Å². The summed E-state index contributed by atoms with van der Waals surface area (Å²) in [6, 6.07) is 4.19. The highest BCUT2D eigenvalue weighted by molar-refractivity contribution is 6.33. The van der Waals surface area contributed by atoms with E-state index in [0.29, 0.717) is 22.4 Å². The van der Waals surface area contributed by atoms with Crippen LogP contribution in [0.4, 0.5) is 10.1 Å². The number of aromatic amines is 1. The molecule has 0 unspecified atom stereocenters. The minimum atomic E-state index is -0.337. The first-order valence-electron chi connectivity index (χ1n) is 6.52. The van der Waals surface area contributed by atoms with E-state index in [1.165, 1.54) is 18.2 Å². The summed E-state index contributed by atoms with van der Waals surface area (Å²) in [5.74, 6) is 0.537. The highest BCUT2D eigenvalue weighted by Gasteiger charge is 2.09. The lowest BCUT2D eigenvalue weighted by Gasteiger charge is -2.07. The number of nitrogens with one attached hydrogen (secondary N) is 2. The third-order valence-corrected chi connectivity index (χ3v) is 3.57. The van der Waals surface area contributed by atoms with E-state index < -0.39 is 0 Å². The van der Waals surface area contributed by atoms with Crippen molar-refractivity contribution >= 4 is 28.9 Å². The normalized spacial score (nSPS) is 10.8. The first-order chi connectivity index (χ1) is 9.60. The van der Waals surface area contributed by atoms with Crippen molar-refractivity contribution in [1.29, 1.82) is 0 Å². The summed E-state index contributed by atoms with van der Waals surface area (Å²) >= 11 is 12.1. The molecule has 6 heteroatoms. The van der Waals surface area contributed by atoms with E-state index in [1.807, 2.05) is 0 Å². The van der Waals surface area contributed by atoms with Crippen LogP contribution in [0.5, 0.6) is 0 Å². The summed E-state index contributed by atoms with van der Waals surface area (Å²) in [7, 11) is 0. The predicted octanol–water partition coefficient (Wildman–Crippen LogP) is 4.81. The molecule has 0 aliphatic carbocycles. The molecular formula is C14H16Cl2FN3. The summed E-state index contributed by atoms with van der Waals surface area (Å²) in [5.41, 5.74) is 1.31. The number of hydrogen-bond donors (Lipinski definition) is 2. The SMILES string of the molecule is CCCCc1nc(Cl)c(CNc2cc(F)ccc2Cl)[nH]1. The summed E-state index contributed by atoms with van der Waals surface area (Å²) in [6.45, 7) is 2.54. The molecule has 1 heterocycles. The molecular weight excluding hydrogens is 300 g/mol. The van der Waals surface area contributed by atoms with Crippen molar-refractivity contribution in [3.63, 3.8) is 0 Å². The first-order valence-corrected chi connectivity index (χ1v) is 7.28. The molecule has 0 fully saturated rings. The second-order valence-corrected chi connectivity index (χ2v) is 5.30.